The topological polar surface area (TPSA) is 75.1 Å². The highest BCUT2D eigenvalue weighted by atomic mass is 16.3. The second-order valence-corrected chi connectivity index (χ2v) is 7.02. The van der Waals surface area contributed by atoms with Crippen LogP contribution < -0.4 is 5.32 Å². The Morgan fingerprint density at radius 2 is 1.92 bits per heavy atom. The number of benzene rings is 1. The van der Waals surface area contributed by atoms with Gasteiger partial charge >= 0.3 is 0 Å². The Labute approximate surface area is 154 Å². The highest BCUT2D eigenvalue weighted by molar-refractivity contribution is 5.90. The summed E-state index contributed by atoms with van der Waals surface area (Å²) in [6, 6.07) is 7.61. The van der Waals surface area contributed by atoms with E-state index in [1.54, 1.807) is 6.20 Å². The van der Waals surface area contributed by atoms with Gasteiger partial charge in [-0.1, -0.05) is 50.5 Å². The number of anilines is 1. The summed E-state index contributed by atoms with van der Waals surface area (Å²) >= 11 is 0. The predicted molar refractivity (Wildman–Crippen MR) is 103 cm³/mol. The maximum Gasteiger partial charge on any atom is 0.225 e. The summed E-state index contributed by atoms with van der Waals surface area (Å²) in [5.74, 6) is 1.12. The third kappa shape index (κ3) is 4.67. The number of rotatable bonds is 6. The Morgan fingerprint density at radius 3 is 2.58 bits per heavy atom. The van der Waals surface area contributed by atoms with Gasteiger partial charge in [0.05, 0.1) is 24.2 Å². The molecule has 1 fully saturated rings. The van der Waals surface area contributed by atoms with Gasteiger partial charge < -0.3 is 10.4 Å². The van der Waals surface area contributed by atoms with Crippen LogP contribution in [-0.2, 0) is 17.8 Å². The maximum absolute atomic E-state index is 12.4. The second kappa shape index (κ2) is 8.90. The molecule has 1 aromatic heterocycles. The van der Waals surface area contributed by atoms with E-state index in [9.17, 15) is 4.79 Å². The van der Waals surface area contributed by atoms with Gasteiger partial charge in [0.15, 0.2) is 5.82 Å². The zero-order valence-corrected chi connectivity index (χ0v) is 15.4. The Bertz CT molecular complexity index is 737. The summed E-state index contributed by atoms with van der Waals surface area (Å²) < 4.78 is 0. The van der Waals surface area contributed by atoms with Gasteiger partial charge in [-0.2, -0.15) is 0 Å². The van der Waals surface area contributed by atoms with Crippen molar-refractivity contribution in [2.24, 2.45) is 5.92 Å². The number of aromatic nitrogens is 2. The molecule has 2 aromatic rings. The fourth-order valence-corrected chi connectivity index (χ4v) is 3.53. The van der Waals surface area contributed by atoms with Crippen LogP contribution in [0.15, 0.2) is 30.5 Å². The molecule has 1 saturated carbocycles. The van der Waals surface area contributed by atoms with Crippen molar-refractivity contribution in [3.05, 3.63) is 41.7 Å². The lowest BCUT2D eigenvalue weighted by molar-refractivity contribution is -0.117. The van der Waals surface area contributed by atoms with Crippen molar-refractivity contribution in [3.8, 4) is 11.3 Å². The summed E-state index contributed by atoms with van der Waals surface area (Å²) in [4.78, 5) is 21.5. The van der Waals surface area contributed by atoms with E-state index in [-0.39, 0.29) is 12.5 Å². The molecule has 0 spiro atoms. The Kier molecular flexibility index (Phi) is 6.34. The molecule has 1 aliphatic carbocycles. The van der Waals surface area contributed by atoms with E-state index >= 15 is 0 Å². The number of nitrogens with one attached hydrogen (secondary N) is 1. The van der Waals surface area contributed by atoms with E-state index in [0.717, 1.165) is 35.4 Å². The van der Waals surface area contributed by atoms with Crippen molar-refractivity contribution in [1.82, 2.24) is 9.97 Å². The van der Waals surface area contributed by atoms with Crippen LogP contribution in [0.25, 0.3) is 11.3 Å². The van der Waals surface area contributed by atoms with E-state index in [2.05, 4.69) is 15.3 Å². The van der Waals surface area contributed by atoms with E-state index in [1.807, 2.05) is 31.2 Å². The van der Waals surface area contributed by atoms with E-state index < -0.39 is 0 Å². The highest BCUT2D eigenvalue weighted by Gasteiger charge is 2.18. The smallest absolute Gasteiger partial charge is 0.225 e. The molecule has 0 bridgehead atoms. The van der Waals surface area contributed by atoms with E-state index in [4.69, 9.17) is 5.11 Å². The molecule has 0 aliphatic heterocycles. The fourth-order valence-electron chi connectivity index (χ4n) is 3.53. The molecule has 138 valence electrons. The van der Waals surface area contributed by atoms with Gasteiger partial charge in [0, 0.05) is 12.0 Å². The molecule has 1 aromatic carbocycles. The Hall–Kier alpha value is -2.27. The third-order valence-electron chi connectivity index (χ3n) is 5.07. The minimum absolute atomic E-state index is 0.0259. The standard InChI is InChI=1S/C21H27N3O2/c1-2-18-21(24-20(26)12-15-6-4-3-5-7-15)22-13-19(23-18)17-10-8-16(14-25)9-11-17/h8-11,13,15,25H,2-7,12,14H2,1H3,(H,22,24,26). The van der Waals surface area contributed by atoms with Crippen LogP contribution in [0.3, 0.4) is 0 Å². The minimum Gasteiger partial charge on any atom is -0.392 e. The fraction of sp³-hybridized carbons (Fsp3) is 0.476. The lowest BCUT2D eigenvalue weighted by atomic mass is 9.87. The van der Waals surface area contributed by atoms with Gasteiger partial charge in [-0.15, -0.1) is 0 Å². The number of amides is 1. The molecule has 1 heterocycles. The normalized spacial score (nSPS) is 15.0. The number of aryl methyl sites for hydroxylation is 1. The molecule has 26 heavy (non-hydrogen) atoms. The van der Waals surface area contributed by atoms with Gasteiger partial charge in [-0.25, -0.2) is 9.97 Å². The quantitative estimate of drug-likeness (QED) is 0.819. The molecule has 5 heteroatoms. The lowest BCUT2D eigenvalue weighted by Crippen LogP contribution is -2.20. The predicted octanol–water partition coefficient (Wildman–Crippen LogP) is 4.11. The van der Waals surface area contributed by atoms with Crippen molar-refractivity contribution in [2.75, 3.05) is 5.32 Å². The Morgan fingerprint density at radius 1 is 1.19 bits per heavy atom. The first-order chi connectivity index (χ1) is 12.7. The number of carbonyl (C=O) groups excluding carboxylic acids is 1. The molecule has 1 amide bonds. The summed E-state index contributed by atoms with van der Waals surface area (Å²) in [6.45, 7) is 2.04. The average Bonchev–Trinajstić information content (AvgIpc) is 2.69. The first kappa shape index (κ1) is 18.5. The van der Waals surface area contributed by atoms with Gasteiger partial charge in [0.1, 0.15) is 0 Å². The monoisotopic (exact) mass is 353 g/mol. The molecule has 3 rings (SSSR count). The number of carbonyl (C=O) groups is 1. The van der Waals surface area contributed by atoms with E-state index in [1.165, 1.54) is 19.3 Å². The SMILES string of the molecule is CCc1nc(-c2ccc(CO)cc2)cnc1NC(=O)CC1CCCCC1. The number of hydrogen-bond acceptors (Lipinski definition) is 4. The number of aliphatic hydroxyl groups is 1. The molecule has 1 aliphatic rings. The van der Waals surface area contributed by atoms with Gasteiger partial charge in [-0.05, 0) is 30.7 Å². The van der Waals surface area contributed by atoms with Gasteiger partial charge in [0.25, 0.3) is 0 Å². The van der Waals surface area contributed by atoms with Crippen LogP contribution in [0, 0.1) is 5.92 Å². The molecule has 5 nitrogen and oxygen atoms in total. The lowest BCUT2D eigenvalue weighted by Gasteiger charge is -2.21. The van der Waals surface area contributed by atoms with Crippen LogP contribution >= 0.6 is 0 Å². The molecular formula is C21H27N3O2. The maximum atomic E-state index is 12.4. The number of hydrogen-bond donors (Lipinski definition) is 2. The molecular weight excluding hydrogens is 326 g/mol. The van der Waals surface area contributed by atoms with Crippen molar-refractivity contribution >= 4 is 11.7 Å². The Balaban J connectivity index is 1.70. The van der Waals surface area contributed by atoms with Crippen LogP contribution in [0.1, 0.15) is 56.7 Å². The number of nitrogens with zero attached hydrogens (tertiary/aromatic N) is 2. The molecule has 2 N–H and O–H groups in total. The van der Waals surface area contributed by atoms with Crippen LogP contribution in [0.4, 0.5) is 5.82 Å². The first-order valence-electron chi connectivity index (χ1n) is 9.55. The van der Waals surface area contributed by atoms with Gasteiger partial charge in [-0.3, -0.25) is 4.79 Å². The second-order valence-electron chi connectivity index (χ2n) is 7.02. The van der Waals surface area contributed by atoms with Crippen molar-refractivity contribution in [2.45, 2.75) is 58.5 Å². The zero-order chi connectivity index (χ0) is 18.4. The average molecular weight is 353 g/mol. The van der Waals surface area contributed by atoms with Gasteiger partial charge in [0.2, 0.25) is 5.91 Å². The molecule has 0 unspecified atom stereocenters. The van der Waals surface area contributed by atoms with Crippen LogP contribution in [-0.4, -0.2) is 21.0 Å². The van der Waals surface area contributed by atoms with E-state index in [0.29, 0.717) is 24.6 Å². The molecule has 0 saturated heterocycles. The summed E-state index contributed by atoms with van der Waals surface area (Å²) in [5.41, 5.74) is 3.39. The zero-order valence-electron chi connectivity index (χ0n) is 15.4. The third-order valence-corrected chi connectivity index (χ3v) is 5.07. The summed E-state index contributed by atoms with van der Waals surface area (Å²) in [5, 5.41) is 12.1. The minimum atomic E-state index is 0.0259. The molecule has 0 atom stereocenters. The largest absolute Gasteiger partial charge is 0.392 e. The highest BCUT2D eigenvalue weighted by Crippen LogP contribution is 2.27. The summed E-state index contributed by atoms with van der Waals surface area (Å²) in [7, 11) is 0. The van der Waals surface area contributed by atoms with Crippen LogP contribution in [0.5, 0.6) is 0 Å². The van der Waals surface area contributed by atoms with Crippen molar-refractivity contribution < 1.29 is 9.90 Å². The van der Waals surface area contributed by atoms with Crippen molar-refractivity contribution in [3.63, 3.8) is 0 Å². The first-order valence-corrected chi connectivity index (χ1v) is 9.55. The van der Waals surface area contributed by atoms with Crippen LogP contribution in [0.2, 0.25) is 0 Å². The summed E-state index contributed by atoms with van der Waals surface area (Å²) in [6.07, 6.45) is 9.06. The van der Waals surface area contributed by atoms with Crippen molar-refractivity contribution in [1.29, 1.82) is 0 Å². The number of aliphatic hydroxyl groups excluding tert-OH is 1. The molecule has 0 radical (unpaired) electrons.